The zero-order valence-electron chi connectivity index (χ0n) is 14.5. The Bertz CT molecular complexity index is 780. The van der Waals surface area contributed by atoms with Crippen LogP contribution in [0.2, 0.25) is 0 Å². The highest BCUT2D eigenvalue weighted by Crippen LogP contribution is 2.39. The van der Waals surface area contributed by atoms with Crippen molar-refractivity contribution in [3.8, 4) is 11.8 Å². The van der Waals surface area contributed by atoms with Gasteiger partial charge in [-0.05, 0) is 55.3 Å². The molecule has 2 unspecified atom stereocenters. The Kier molecular flexibility index (Phi) is 4.44. The van der Waals surface area contributed by atoms with E-state index < -0.39 is 0 Å². The minimum atomic E-state index is 0.0414. The first-order valence-corrected chi connectivity index (χ1v) is 8.94. The van der Waals surface area contributed by atoms with Crippen molar-refractivity contribution in [2.24, 2.45) is 0 Å². The molecule has 0 spiro atoms. The molecule has 1 fully saturated rings. The molecule has 1 saturated heterocycles. The molecule has 0 amide bonds. The predicted octanol–water partition coefficient (Wildman–Crippen LogP) is 2.90. The number of rotatable bonds is 4. The smallest absolute Gasteiger partial charge is 0.140 e. The van der Waals surface area contributed by atoms with Crippen LogP contribution >= 0.6 is 0 Å². The van der Waals surface area contributed by atoms with E-state index in [9.17, 15) is 0 Å². The lowest BCUT2D eigenvalue weighted by molar-refractivity contribution is 0.0927. The monoisotopic (exact) mass is 333 g/mol. The number of likely N-dealkylation sites (N-methyl/N-ethyl adjacent to an activating group) is 1. The SMILES string of the molecule is CNC1CCN(C2Cc3ccccc3[C@H]2Oc2ccc(C#N)cc2)C1. The molecule has 1 N–H and O–H groups in total. The zero-order chi connectivity index (χ0) is 17.2. The molecule has 3 atom stereocenters. The maximum absolute atomic E-state index is 8.97. The molecule has 1 heterocycles. The number of benzene rings is 2. The van der Waals surface area contributed by atoms with Gasteiger partial charge in [0.05, 0.1) is 17.7 Å². The van der Waals surface area contributed by atoms with Crippen LogP contribution < -0.4 is 10.1 Å². The Morgan fingerprint density at radius 1 is 1.16 bits per heavy atom. The second-order valence-corrected chi connectivity index (χ2v) is 6.91. The second kappa shape index (κ2) is 6.87. The van der Waals surface area contributed by atoms with Crippen molar-refractivity contribution >= 4 is 0 Å². The molecule has 25 heavy (non-hydrogen) atoms. The summed E-state index contributed by atoms with van der Waals surface area (Å²) in [5.41, 5.74) is 3.34. The van der Waals surface area contributed by atoms with Crippen molar-refractivity contribution in [2.45, 2.75) is 31.0 Å². The molecule has 2 aromatic carbocycles. The van der Waals surface area contributed by atoms with Crippen molar-refractivity contribution in [2.75, 3.05) is 20.1 Å². The quantitative estimate of drug-likeness (QED) is 0.935. The summed E-state index contributed by atoms with van der Waals surface area (Å²) in [6.07, 6.45) is 2.26. The number of ether oxygens (including phenoxy) is 1. The number of hydrogen-bond acceptors (Lipinski definition) is 4. The van der Waals surface area contributed by atoms with Gasteiger partial charge in [0.25, 0.3) is 0 Å². The zero-order valence-corrected chi connectivity index (χ0v) is 14.5. The largest absolute Gasteiger partial charge is 0.484 e. The summed E-state index contributed by atoms with van der Waals surface area (Å²) in [4.78, 5) is 2.56. The fraction of sp³-hybridized carbons (Fsp3) is 0.381. The molecule has 2 aliphatic rings. The summed E-state index contributed by atoms with van der Waals surface area (Å²) in [6.45, 7) is 2.18. The van der Waals surface area contributed by atoms with Crippen LogP contribution in [-0.4, -0.2) is 37.1 Å². The van der Waals surface area contributed by atoms with Crippen molar-refractivity contribution in [3.05, 3.63) is 65.2 Å². The van der Waals surface area contributed by atoms with Crippen LogP contribution in [0.15, 0.2) is 48.5 Å². The molecule has 128 valence electrons. The Hall–Kier alpha value is -2.35. The molecule has 4 heteroatoms. The van der Waals surface area contributed by atoms with Crippen LogP contribution in [-0.2, 0) is 6.42 Å². The van der Waals surface area contributed by atoms with Crippen LogP contribution in [0.3, 0.4) is 0 Å². The van der Waals surface area contributed by atoms with E-state index in [1.807, 2.05) is 31.3 Å². The van der Waals surface area contributed by atoms with Gasteiger partial charge in [-0.15, -0.1) is 0 Å². The van der Waals surface area contributed by atoms with E-state index in [4.69, 9.17) is 10.00 Å². The molecule has 4 nitrogen and oxygen atoms in total. The van der Waals surface area contributed by atoms with E-state index in [0.29, 0.717) is 17.6 Å². The maximum Gasteiger partial charge on any atom is 0.140 e. The fourth-order valence-corrected chi connectivity index (χ4v) is 4.08. The van der Waals surface area contributed by atoms with Gasteiger partial charge in [0, 0.05) is 19.1 Å². The third-order valence-electron chi connectivity index (χ3n) is 5.48. The lowest BCUT2D eigenvalue weighted by atomic mass is 10.1. The lowest BCUT2D eigenvalue weighted by Gasteiger charge is -2.30. The van der Waals surface area contributed by atoms with E-state index in [1.54, 1.807) is 0 Å². The van der Waals surface area contributed by atoms with Gasteiger partial charge in [0.15, 0.2) is 0 Å². The van der Waals surface area contributed by atoms with E-state index in [-0.39, 0.29) is 6.10 Å². The normalized spacial score (nSPS) is 25.5. The molecule has 0 aromatic heterocycles. The summed E-state index contributed by atoms with van der Waals surface area (Å²) in [6, 6.07) is 19.1. The predicted molar refractivity (Wildman–Crippen MR) is 97.5 cm³/mol. The highest BCUT2D eigenvalue weighted by molar-refractivity contribution is 5.39. The van der Waals surface area contributed by atoms with Crippen LogP contribution in [0.25, 0.3) is 0 Å². The average Bonchev–Trinajstić information content (AvgIpc) is 3.27. The van der Waals surface area contributed by atoms with Gasteiger partial charge in [0.2, 0.25) is 0 Å². The maximum atomic E-state index is 8.97. The molecule has 1 aliphatic heterocycles. The van der Waals surface area contributed by atoms with Crippen molar-refractivity contribution < 1.29 is 4.74 Å². The van der Waals surface area contributed by atoms with E-state index in [2.05, 4.69) is 40.6 Å². The first kappa shape index (κ1) is 16.1. The number of nitrogens with one attached hydrogen (secondary N) is 1. The van der Waals surface area contributed by atoms with Gasteiger partial charge in [0.1, 0.15) is 11.9 Å². The minimum Gasteiger partial charge on any atom is -0.484 e. The molecule has 2 aromatic rings. The topological polar surface area (TPSA) is 48.3 Å². The summed E-state index contributed by atoms with van der Waals surface area (Å²) in [5.74, 6) is 0.829. The lowest BCUT2D eigenvalue weighted by Crippen LogP contribution is -2.40. The summed E-state index contributed by atoms with van der Waals surface area (Å²) in [5, 5.41) is 12.4. The van der Waals surface area contributed by atoms with Crippen LogP contribution in [0, 0.1) is 11.3 Å². The summed E-state index contributed by atoms with van der Waals surface area (Å²) >= 11 is 0. The van der Waals surface area contributed by atoms with Crippen LogP contribution in [0.1, 0.15) is 29.2 Å². The molecule has 0 radical (unpaired) electrons. The van der Waals surface area contributed by atoms with E-state index in [0.717, 1.165) is 25.3 Å². The Morgan fingerprint density at radius 3 is 2.68 bits per heavy atom. The number of nitrogens with zero attached hydrogens (tertiary/aromatic N) is 2. The third kappa shape index (κ3) is 3.13. The standard InChI is InChI=1S/C21H23N3O/c1-23-17-10-11-24(14-17)20-12-16-4-2-3-5-19(16)21(20)25-18-8-6-15(13-22)7-9-18/h2-9,17,20-21,23H,10-12,14H2,1H3/t17?,20?,21-/m1/s1. The first-order valence-electron chi connectivity index (χ1n) is 8.94. The van der Waals surface area contributed by atoms with Gasteiger partial charge < -0.3 is 10.1 Å². The number of likely N-dealkylation sites (tertiary alicyclic amines) is 1. The average molecular weight is 333 g/mol. The van der Waals surface area contributed by atoms with Gasteiger partial charge in [-0.25, -0.2) is 0 Å². The van der Waals surface area contributed by atoms with Gasteiger partial charge in [-0.2, -0.15) is 5.26 Å². The van der Waals surface area contributed by atoms with Crippen molar-refractivity contribution in [1.29, 1.82) is 5.26 Å². The highest BCUT2D eigenvalue weighted by Gasteiger charge is 2.40. The van der Waals surface area contributed by atoms with Crippen molar-refractivity contribution in [1.82, 2.24) is 10.2 Å². The van der Waals surface area contributed by atoms with Gasteiger partial charge >= 0.3 is 0 Å². The van der Waals surface area contributed by atoms with Crippen LogP contribution in [0.5, 0.6) is 5.75 Å². The first-order chi connectivity index (χ1) is 12.3. The van der Waals surface area contributed by atoms with Crippen LogP contribution in [0.4, 0.5) is 0 Å². The van der Waals surface area contributed by atoms with E-state index >= 15 is 0 Å². The number of nitriles is 1. The minimum absolute atomic E-state index is 0.0414. The molecule has 0 bridgehead atoms. The third-order valence-corrected chi connectivity index (χ3v) is 5.48. The molecule has 1 aliphatic carbocycles. The summed E-state index contributed by atoms with van der Waals surface area (Å²) < 4.78 is 6.42. The van der Waals surface area contributed by atoms with E-state index in [1.165, 1.54) is 17.5 Å². The molecular weight excluding hydrogens is 310 g/mol. The second-order valence-electron chi connectivity index (χ2n) is 6.91. The Balaban J connectivity index is 1.59. The molecule has 4 rings (SSSR count). The summed E-state index contributed by atoms with van der Waals surface area (Å²) in [7, 11) is 2.04. The highest BCUT2D eigenvalue weighted by atomic mass is 16.5. The van der Waals surface area contributed by atoms with Gasteiger partial charge in [-0.1, -0.05) is 24.3 Å². The molecular formula is C21H23N3O. The molecule has 0 saturated carbocycles. The fourth-order valence-electron chi connectivity index (χ4n) is 4.08. The van der Waals surface area contributed by atoms with Gasteiger partial charge in [-0.3, -0.25) is 4.90 Å². The Morgan fingerprint density at radius 2 is 1.96 bits per heavy atom. The number of hydrogen-bond donors (Lipinski definition) is 1. The van der Waals surface area contributed by atoms with Crippen molar-refractivity contribution in [3.63, 3.8) is 0 Å². The Labute approximate surface area is 149 Å². The number of fused-ring (bicyclic) bond motifs is 1.